The maximum atomic E-state index is 12.1. The fourth-order valence-corrected chi connectivity index (χ4v) is 2.61. The highest BCUT2D eigenvalue weighted by Gasteiger charge is 2.14. The van der Waals surface area contributed by atoms with Crippen LogP contribution in [0.25, 0.3) is 16.9 Å². The van der Waals surface area contributed by atoms with Crippen molar-refractivity contribution in [2.45, 2.75) is 6.42 Å². The molecule has 0 atom stereocenters. The third kappa shape index (κ3) is 4.93. The molecule has 28 heavy (non-hydrogen) atoms. The van der Waals surface area contributed by atoms with E-state index < -0.39 is 0 Å². The number of rotatable bonds is 9. The number of hydrogen-bond donors (Lipinski definition) is 2. The Morgan fingerprint density at radius 1 is 1.18 bits per heavy atom. The zero-order valence-corrected chi connectivity index (χ0v) is 15.5. The third-order valence-corrected chi connectivity index (χ3v) is 3.93. The molecule has 2 N–H and O–H groups in total. The van der Waals surface area contributed by atoms with Gasteiger partial charge in [0.1, 0.15) is 0 Å². The molecular weight excluding hydrogens is 360 g/mol. The largest absolute Gasteiger partial charge is 0.481 e. The lowest BCUT2D eigenvalue weighted by Crippen LogP contribution is -2.15. The van der Waals surface area contributed by atoms with Gasteiger partial charge < -0.3 is 19.9 Å². The van der Waals surface area contributed by atoms with Crippen molar-refractivity contribution in [1.29, 1.82) is 0 Å². The SMILES string of the molecule is COc1ccc(-n2nc(NC(=O)CCOCCO)cc2-c2ccccc2)cn1. The molecule has 0 spiro atoms. The van der Waals surface area contributed by atoms with E-state index in [1.165, 1.54) is 0 Å². The number of nitrogens with one attached hydrogen (secondary N) is 1. The van der Waals surface area contributed by atoms with Gasteiger partial charge in [-0.2, -0.15) is 0 Å². The van der Waals surface area contributed by atoms with Crippen LogP contribution in [0.15, 0.2) is 54.7 Å². The molecule has 0 unspecified atom stereocenters. The third-order valence-electron chi connectivity index (χ3n) is 3.93. The highest BCUT2D eigenvalue weighted by molar-refractivity contribution is 5.90. The van der Waals surface area contributed by atoms with E-state index in [1.54, 1.807) is 24.1 Å². The quantitative estimate of drug-likeness (QED) is 0.551. The summed E-state index contributed by atoms with van der Waals surface area (Å²) in [6, 6.07) is 15.2. The van der Waals surface area contributed by atoms with Crippen molar-refractivity contribution in [3.63, 3.8) is 0 Å². The number of pyridine rings is 1. The van der Waals surface area contributed by atoms with Gasteiger partial charge in [-0.25, -0.2) is 9.67 Å². The van der Waals surface area contributed by atoms with Crippen molar-refractivity contribution in [1.82, 2.24) is 14.8 Å². The molecule has 0 radical (unpaired) electrons. The highest BCUT2D eigenvalue weighted by atomic mass is 16.5. The van der Waals surface area contributed by atoms with E-state index in [4.69, 9.17) is 14.6 Å². The minimum Gasteiger partial charge on any atom is -0.481 e. The number of aliphatic hydroxyl groups is 1. The maximum absolute atomic E-state index is 12.1. The molecule has 2 aromatic heterocycles. The molecule has 0 aliphatic heterocycles. The lowest BCUT2D eigenvalue weighted by atomic mass is 10.1. The van der Waals surface area contributed by atoms with Crippen LogP contribution < -0.4 is 10.1 Å². The van der Waals surface area contributed by atoms with Crippen LogP contribution >= 0.6 is 0 Å². The lowest BCUT2D eigenvalue weighted by molar-refractivity contribution is -0.117. The molecule has 0 fully saturated rings. The van der Waals surface area contributed by atoms with Crippen LogP contribution in [0.4, 0.5) is 5.82 Å². The molecule has 0 bridgehead atoms. The number of carbonyl (C=O) groups is 1. The van der Waals surface area contributed by atoms with Gasteiger partial charge in [0.25, 0.3) is 0 Å². The van der Waals surface area contributed by atoms with E-state index in [0.29, 0.717) is 11.7 Å². The second-order valence-corrected chi connectivity index (χ2v) is 5.89. The molecule has 146 valence electrons. The van der Waals surface area contributed by atoms with Gasteiger partial charge in [-0.3, -0.25) is 4.79 Å². The van der Waals surface area contributed by atoms with E-state index in [0.717, 1.165) is 16.9 Å². The lowest BCUT2D eigenvalue weighted by Gasteiger charge is -2.07. The van der Waals surface area contributed by atoms with Gasteiger partial charge in [-0.05, 0) is 6.07 Å². The average molecular weight is 382 g/mol. The Morgan fingerprint density at radius 2 is 2.00 bits per heavy atom. The summed E-state index contributed by atoms with van der Waals surface area (Å²) in [5, 5.41) is 16.0. The van der Waals surface area contributed by atoms with Crippen molar-refractivity contribution in [2.75, 3.05) is 32.2 Å². The molecule has 1 aromatic carbocycles. The Kier molecular flexibility index (Phi) is 6.72. The summed E-state index contributed by atoms with van der Waals surface area (Å²) >= 11 is 0. The summed E-state index contributed by atoms with van der Waals surface area (Å²) in [4.78, 5) is 16.4. The van der Waals surface area contributed by atoms with Crippen molar-refractivity contribution >= 4 is 11.7 Å². The number of nitrogens with zero attached hydrogens (tertiary/aromatic N) is 3. The van der Waals surface area contributed by atoms with E-state index >= 15 is 0 Å². The number of hydrogen-bond acceptors (Lipinski definition) is 6. The number of anilines is 1. The molecule has 8 heteroatoms. The summed E-state index contributed by atoms with van der Waals surface area (Å²) in [5.74, 6) is 0.727. The molecular formula is C20H22N4O4. The first-order chi connectivity index (χ1) is 13.7. The van der Waals surface area contributed by atoms with Crippen molar-refractivity contribution in [3.8, 4) is 22.8 Å². The van der Waals surface area contributed by atoms with Crippen molar-refractivity contribution < 1.29 is 19.4 Å². The molecule has 0 aliphatic rings. The molecule has 3 rings (SSSR count). The second-order valence-electron chi connectivity index (χ2n) is 5.89. The topological polar surface area (TPSA) is 98.5 Å². The Morgan fingerprint density at radius 3 is 2.68 bits per heavy atom. The van der Waals surface area contributed by atoms with Crippen LogP contribution in [0.1, 0.15) is 6.42 Å². The van der Waals surface area contributed by atoms with E-state index in [1.807, 2.05) is 42.5 Å². The minimum atomic E-state index is -0.213. The Bertz CT molecular complexity index is 894. The van der Waals surface area contributed by atoms with E-state index in [9.17, 15) is 4.79 Å². The number of ether oxygens (including phenoxy) is 2. The van der Waals surface area contributed by atoms with Gasteiger partial charge in [0, 0.05) is 17.7 Å². The summed E-state index contributed by atoms with van der Waals surface area (Å²) in [6.45, 7) is 0.383. The number of aromatic nitrogens is 3. The van der Waals surface area contributed by atoms with Crippen LogP contribution in [0, 0.1) is 0 Å². The molecule has 8 nitrogen and oxygen atoms in total. The molecule has 0 saturated carbocycles. The predicted molar refractivity (Wildman–Crippen MR) is 104 cm³/mol. The van der Waals surface area contributed by atoms with Gasteiger partial charge in [0.05, 0.1) is 50.9 Å². The van der Waals surface area contributed by atoms with Crippen LogP contribution in [0.3, 0.4) is 0 Å². The zero-order chi connectivity index (χ0) is 19.8. The molecule has 1 amide bonds. The van der Waals surface area contributed by atoms with Gasteiger partial charge in [0.2, 0.25) is 11.8 Å². The Balaban J connectivity index is 1.84. The van der Waals surface area contributed by atoms with E-state index in [-0.39, 0.29) is 32.1 Å². The van der Waals surface area contributed by atoms with Gasteiger partial charge in [-0.1, -0.05) is 30.3 Å². The summed E-state index contributed by atoms with van der Waals surface area (Å²) in [5.41, 5.74) is 2.52. The maximum Gasteiger partial charge on any atom is 0.227 e. The number of methoxy groups -OCH3 is 1. The summed E-state index contributed by atoms with van der Waals surface area (Å²) in [7, 11) is 1.56. The molecule has 0 saturated heterocycles. The number of amides is 1. The standard InChI is InChI=1S/C20H22N4O4/c1-27-20-8-7-16(14-21-20)24-17(15-5-3-2-4-6-15)13-18(23-24)22-19(26)9-11-28-12-10-25/h2-8,13-14,25H,9-12H2,1H3,(H,22,23,26). The number of benzene rings is 1. The van der Waals surface area contributed by atoms with Crippen LogP contribution in [0.5, 0.6) is 5.88 Å². The highest BCUT2D eigenvalue weighted by Crippen LogP contribution is 2.26. The fourth-order valence-electron chi connectivity index (χ4n) is 2.61. The van der Waals surface area contributed by atoms with Gasteiger partial charge in [-0.15, -0.1) is 5.10 Å². The normalized spacial score (nSPS) is 10.6. The molecule has 2 heterocycles. The second kappa shape index (κ2) is 9.63. The number of carbonyl (C=O) groups excluding carboxylic acids is 1. The van der Waals surface area contributed by atoms with Crippen LogP contribution in [-0.2, 0) is 9.53 Å². The molecule has 0 aliphatic carbocycles. The summed E-state index contributed by atoms with van der Waals surface area (Å²) in [6.07, 6.45) is 1.84. The van der Waals surface area contributed by atoms with Crippen molar-refractivity contribution in [2.24, 2.45) is 0 Å². The fraction of sp³-hybridized carbons (Fsp3) is 0.250. The first-order valence-electron chi connectivity index (χ1n) is 8.85. The minimum absolute atomic E-state index is 0.0671. The van der Waals surface area contributed by atoms with Crippen molar-refractivity contribution in [3.05, 3.63) is 54.7 Å². The van der Waals surface area contributed by atoms with Crippen LogP contribution in [0.2, 0.25) is 0 Å². The first-order valence-corrected chi connectivity index (χ1v) is 8.85. The Hall–Kier alpha value is -3.23. The number of aliphatic hydroxyl groups excluding tert-OH is 1. The monoisotopic (exact) mass is 382 g/mol. The average Bonchev–Trinajstić information content (AvgIpc) is 3.15. The first kappa shape index (κ1) is 19.5. The van der Waals surface area contributed by atoms with Gasteiger partial charge >= 0.3 is 0 Å². The Labute approximate surface area is 162 Å². The summed E-state index contributed by atoms with van der Waals surface area (Å²) < 4.78 is 12.0. The molecule has 3 aromatic rings. The predicted octanol–water partition coefficient (Wildman–Crippen LogP) is 2.28. The van der Waals surface area contributed by atoms with Gasteiger partial charge in [0.15, 0.2) is 5.82 Å². The van der Waals surface area contributed by atoms with E-state index in [2.05, 4.69) is 15.4 Å². The van der Waals surface area contributed by atoms with Crippen LogP contribution in [-0.4, -0.2) is 52.7 Å². The smallest absolute Gasteiger partial charge is 0.227 e. The zero-order valence-electron chi connectivity index (χ0n) is 15.5.